The van der Waals surface area contributed by atoms with Gasteiger partial charge in [0.15, 0.2) is 0 Å². The van der Waals surface area contributed by atoms with Gasteiger partial charge in [-0.15, -0.1) is 22.7 Å². The monoisotopic (exact) mass is 337 g/mol. The fourth-order valence-corrected chi connectivity index (χ4v) is 4.16. The van der Waals surface area contributed by atoms with Crippen molar-refractivity contribution in [2.24, 2.45) is 0 Å². The molecule has 0 radical (unpaired) electrons. The highest BCUT2D eigenvalue weighted by atomic mass is 32.1. The van der Waals surface area contributed by atoms with Crippen LogP contribution in [0.5, 0.6) is 0 Å². The predicted molar refractivity (Wildman–Crippen MR) is 98.4 cm³/mol. The fourth-order valence-electron chi connectivity index (χ4n) is 2.56. The fraction of sp³-hybridized carbons (Fsp3) is 0.111. The highest BCUT2D eigenvalue weighted by molar-refractivity contribution is 7.17. The molecule has 0 saturated carbocycles. The van der Waals surface area contributed by atoms with E-state index in [4.69, 9.17) is 0 Å². The van der Waals surface area contributed by atoms with Crippen molar-refractivity contribution in [3.8, 4) is 0 Å². The molecule has 1 aromatic carbocycles. The van der Waals surface area contributed by atoms with Gasteiger partial charge in [-0.25, -0.2) is 9.97 Å². The summed E-state index contributed by atoms with van der Waals surface area (Å²) < 4.78 is 1.10. The molecule has 4 rings (SSSR count). The molecule has 0 aliphatic heterocycles. The summed E-state index contributed by atoms with van der Waals surface area (Å²) in [6.45, 7) is 2.11. The maximum Gasteiger partial charge on any atom is 0.148 e. The van der Waals surface area contributed by atoms with Gasteiger partial charge in [-0.3, -0.25) is 0 Å². The molecule has 1 atom stereocenters. The van der Waals surface area contributed by atoms with Crippen LogP contribution in [0.2, 0.25) is 0 Å². The van der Waals surface area contributed by atoms with Crippen molar-refractivity contribution >= 4 is 38.7 Å². The number of thiophene rings is 2. The topological polar surface area (TPSA) is 37.8 Å². The minimum absolute atomic E-state index is 0.0933. The van der Waals surface area contributed by atoms with Crippen molar-refractivity contribution in [1.82, 2.24) is 9.97 Å². The maximum atomic E-state index is 4.46. The predicted octanol–water partition coefficient (Wildman–Crippen LogP) is 5.26. The van der Waals surface area contributed by atoms with Gasteiger partial charge in [-0.2, -0.15) is 0 Å². The zero-order valence-electron chi connectivity index (χ0n) is 12.6. The van der Waals surface area contributed by atoms with Crippen molar-refractivity contribution in [1.29, 1.82) is 0 Å². The van der Waals surface area contributed by atoms with E-state index in [2.05, 4.69) is 69.4 Å². The lowest BCUT2D eigenvalue weighted by Gasteiger charge is -2.19. The zero-order valence-corrected chi connectivity index (χ0v) is 14.2. The number of fused-ring (bicyclic) bond motifs is 1. The quantitative estimate of drug-likeness (QED) is 0.552. The van der Waals surface area contributed by atoms with Crippen molar-refractivity contribution in [3.63, 3.8) is 0 Å². The summed E-state index contributed by atoms with van der Waals surface area (Å²) in [6.07, 6.45) is 1.62. The average molecular weight is 337 g/mol. The van der Waals surface area contributed by atoms with E-state index in [1.54, 1.807) is 29.0 Å². The third kappa shape index (κ3) is 2.85. The van der Waals surface area contributed by atoms with Gasteiger partial charge in [-0.05, 0) is 35.4 Å². The SMILES string of the molecule is Cc1ccc([C@@H](Nc2ncnc3ccsc23)c2cccs2)cc1. The Bertz CT molecular complexity index is 911. The number of nitrogens with zero attached hydrogens (tertiary/aromatic N) is 2. The first-order valence-electron chi connectivity index (χ1n) is 7.36. The second-order valence-electron chi connectivity index (χ2n) is 5.36. The van der Waals surface area contributed by atoms with Crippen molar-refractivity contribution in [3.05, 3.63) is 75.6 Å². The number of rotatable bonds is 4. The molecule has 114 valence electrons. The van der Waals surface area contributed by atoms with E-state index >= 15 is 0 Å². The van der Waals surface area contributed by atoms with E-state index in [-0.39, 0.29) is 6.04 Å². The number of benzene rings is 1. The summed E-state index contributed by atoms with van der Waals surface area (Å²) >= 11 is 3.42. The summed E-state index contributed by atoms with van der Waals surface area (Å²) in [4.78, 5) is 10.1. The zero-order chi connectivity index (χ0) is 15.6. The molecule has 0 aliphatic rings. The van der Waals surface area contributed by atoms with E-state index in [0.29, 0.717) is 0 Å². The minimum atomic E-state index is 0.0933. The number of aromatic nitrogens is 2. The van der Waals surface area contributed by atoms with Gasteiger partial charge < -0.3 is 5.32 Å². The smallest absolute Gasteiger partial charge is 0.148 e. The number of nitrogens with one attached hydrogen (secondary N) is 1. The van der Waals surface area contributed by atoms with E-state index in [9.17, 15) is 0 Å². The average Bonchev–Trinajstić information content (AvgIpc) is 3.25. The highest BCUT2D eigenvalue weighted by Gasteiger charge is 2.17. The van der Waals surface area contributed by atoms with E-state index in [0.717, 1.165) is 16.0 Å². The van der Waals surface area contributed by atoms with E-state index in [1.165, 1.54) is 16.0 Å². The summed E-state index contributed by atoms with van der Waals surface area (Å²) in [7, 11) is 0. The van der Waals surface area contributed by atoms with Crippen LogP contribution in [0.3, 0.4) is 0 Å². The molecular weight excluding hydrogens is 322 g/mol. The van der Waals surface area contributed by atoms with Gasteiger partial charge in [0, 0.05) is 4.88 Å². The molecule has 3 aromatic heterocycles. The first-order chi connectivity index (χ1) is 11.3. The van der Waals surface area contributed by atoms with Crippen LogP contribution in [-0.2, 0) is 0 Å². The number of anilines is 1. The molecule has 0 aliphatic carbocycles. The first-order valence-corrected chi connectivity index (χ1v) is 9.12. The summed E-state index contributed by atoms with van der Waals surface area (Å²) in [5.41, 5.74) is 3.49. The molecule has 0 fully saturated rings. The van der Waals surface area contributed by atoms with Crippen LogP contribution in [0.1, 0.15) is 22.0 Å². The van der Waals surface area contributed by atoms with Gasteiger partial charge >= 0.3 is 0 Å². The lowest BCUT2D eigenvalue weighted by molar-refractivity contribution is 0.950. The molecule has 5 heteroatoms. The summed E-state index contributed by atoms with van der Waals surface area (Å²) in [6, 6.07) is 15.0. The number of hydrogen-bond donors (Lipinski definition) is 1. The standard InChI is InChI=1S/C18H15N3S2/c1-12-4-6-13(7-5-12)16(15-3-2-9-22-15)21-18-17-14(8-10-23-17)19-11-20-18/h2-11,16H,1H3,(H,19,20,21)/t16-/m1/s1. The van der Waals surface area contributed by atoms with Gasteiger partial charge in [0.2, 0.25) is 0 Å². The normalized spacial score (nSPS) is 12.4. The van der Waals surface area contributed by atoms with Crippen LogP contribution in [0.25, 0.3) is 10.2 Å². The molecule has 0 saturated heterocycles. The van der Waals surface area contributed by atoms with Crippen molar-refractivity contribution in [2.75, 3.05) is 5.32 Å². The van der Waals surface area contributed by atoms with Gasteiger partial charge in [-0.1, -0.05) is 35.9 Å². The van der Waals surface area contributed by atoms with Crippen LogP contribution in [0.15, 0.2) is 59.6 Å². The lowest BCUT2D eigenvalue weighted by atomic mass is 10.0. The second kappa shape index (κ2) is 6.10. The van der Waals surface area contributed by atoms with Crippen LogP contribution in [0.4, 0.5) is 5.82 Å². The Balaban J connectivity index is 1.77. The molecule has 1 N–H and O–H groups in total. The maximum absolute atomic E-state index is 4.46. The third-order valence-electron chi connectivity index (χ3n) is 3.76. The minimum Gasteiger partial charge on any atom is -0.357 e. The molecule has 3 nitrogen and oxygen atoms in total. The molecular formula is C18H15N3S2. The highest BCUT2D eigenvalue weighted by Crippen LogP contribution is 2.33. The van der Waals surface area contributed by atoms with Crippen molar-refractivity contribution < 1.29 is 0 Å². The molecule has 0 spiro atoms. The molecule has 4 aromatic rings. The largest absolute Gasteiger partial charge is 0.357 e. The van der Waals surface area contributed by atoms with E-state index in [1.807, 2.05) is 6.07 Å². The van der Waals surface area contributed by atoms with Crippen molar-refractivity contribution in [2.45, 2.75) is 13.0 Å². The Morgan fingerprint density at radius 1 is 0.957 bits per heavy atom. The van der Waals surface area contributed by atoms with Gasteiger partial charge in [0.25, 0.3) is 0 Å². The van der Waals surface area contributed by atoms with Gasteiger partial charge in [0.05, 0.1) is 16.3 Å². The molecule has 0 amide bonds. The molecule has 0 unspecified atom stereocenters. The third-order valence-corrected chi connectivity index (χ3v) is 5.61. The van der Waals surface area contributed by atoms with Crippen LogP contribution in [0, 0.1) is 6.92 Å². The van der Waals surface area contributed by atoms with Gasteiger partial charge in [0.1, 0.15) is 12.1 Å². The summed E-state index contributed by atoms with van der Waals surface area (Å²) in [5.74, 6) is 0.893. The lowest BCUT2D eigenvalue weighted by Crippen LogP contribution is -2.12. The van der Waals surface area contributed by atoms with Crippen LogP contribution in [-0.4, -0.2) is 9.97 Å². The Morgan fingerprint density at radius 3 is 2.61 bits per heavy atom. The Hall–Kier alpha value is -2.24. The van der Waals surface area contributed by atoms with E-state index < -0.39 is 0 Å². The summed E-state index contributed by atoms with van der Waals surface area (Å²) in [5, 5.41) is 7.78. The Morgan fingerprint density at radius 2 is 1.83 bits per heavy atom. The second-order valence-corrected chi connectivity index (χ2v) is 7.26. The molecule has 3 heterocycles. The Kier molecular flexibility index (Phi) is 3.81. The first kappa shape index (κ1) is 14.4. The molecule has 0 bridgehead atoms. The van der Waals surface area contributed by atoms with Crippen LogP contribution < -0.4 is 5.32 Å². The number of hydrogen-bond acceptors (Lipinski definition) is 5. The Labute approximate surface area is 142 Å². The number of aryl methyl sites for hydroxylation is 1. The molecule has 23 heavy (non-hydrogen) atoms. The van der Waals surface area contributed by atoms with Crippen LogP contribution >= 0.6 is 22.7 Å².